The third-order valence-electron chi connectivity index (χ3n) is 5.61. The standard InChI is InChI=1S/C24H27NO3/c1-3-27-24(26)20-8-4-7-18(14-20)19-9-10-23-21(15-19)16-22(28-23)11-13-25-12-5-6-17(25)2/h4,7-10,14-17H,3,5-6,11-13H2,1-2H3/t17-/m1/s1. The number of esters is 1. The highest BCUT2D eigenvalue weighted by molar-refractivity contribution is 5.92. The largest absolute Gasteiger partial charge is 0.462 e. The van der Waals surface area contributed by atoms with Gasteiger partial charge in [0.25, 0.3) is 0 Å². The van der Waals surface area contributed by atoms with E-state index in [2.05, 4.69) is 24.0 Å². The fourth-order valence-corrected chi connectivity index (χ4v) is 4.02. The van der Waals surface area contributed by atoms with E-state index >= 15 is 0 Å². The number of carbonyl (C=O) groups excluding carboxylic acids is 1. The fraction of sp³-hybridized carbons (Fsp3) is 0.375. The molecule has 146 valence electrons. The lowest BCUT2D eigenvalue weighted by molar-refractivity contribution is 0.0526. The Labute approximate surface area is 166 Å². The van der Waals surface area contributed by atoms with Crippen LogP contribution in [-0.2, 0) is 11.2 Å². The van der Waals surface area contributed by atoms with Crippen LogP contribution < -0.4 is 0 Å². The molecule has 4 heteroatoms. The molecule has 4 rings (SSSR count). The van der Waals surface area contributed by atoms with Crippen molar-refractivity contribution in [3.8, 4) is 11.1 Å². The zero-order valence-corrected chi connectivity index (χ0v) is 16.6. The van der Waals surface area contributed by atoms with Gasteiger partial charge in [0.15, 0.2) is 0 Å². The van der Waals surface area contributed by atoms with E-state index in [0.717, 1.165) is 40.8 Å². The topological polar surface area (TPSA) is 42.7 Å². The fourth-order valence-electron chi connectivity index (χ4n) is 4.02. The maximum absolute atomic E-state index is 12.0. The van der Waals surface area contributed by atoms with Crippen LogP contribution in [0.1, 0.15) is 42.8 Å². The van der Waals surface area contributed by atoms with E-state index in [4.69, 9.17) is 9.15 Å². The van der Waals surface area contributed by atoms with E-state index in [0.29, 0.717) is 18.2 Å². The first-order valence-corrected chi connectivity index (χ1v) is 10.2. The molecular formula is C24H27NO3. The summed E-state index contributed by atoms with van der Waals surface area (Å²) >= 11 is 0. The van der Waals surface area contributed by atoms with E-state index in [-0.39, 0.29) is 5.97 Å². The molecule has 0 N–H and O–H groups in total. The first-order valence-electron chi connectivity index (χ1n) is 10.2. The molecule has 1 saturated heterocycles. The summed E-state index contributed by atoms with van der Waals surface area (Å²) in [5.74, 6) is 0.749. The molecule has 1 atom stereocenters. The van der Waals surface area contributed by atoms with Crippen LogP contribution in [0.5, 0.6) is 0 Å². The highest BCUT2D eigenvalue weighted by Gasteiger charge is 2.20. The van der Waals surface area contributed by atoms with Crippen LogP contribution in [0.2, 0.25) is 0 Å². The van der Waals surface area contributed by atoms with Gasteiger partial charge < -0.3 is 14.1 Å². The normalized spacial score (nSPS) is 17.3. The summed E-state index contributed by atoms with van der Waals surface area (Å²) in [5, 5.41) is 1.10. The van der Waals surface area contributed by atoms with Gasteiger partial charge in [-0.3, -0.25) is 0 Å². The Morgan fingerprint density at radius 2 is 2.04 bits per heavy atom. The summed E-state index contributed by atoms with van der Waals surface area (Å²) in [4.78, 5) is 14.5. The lowest BCUT2D eigenvalue weighted by Crippen LogP contribution is -2.28. The number of hydrogen-bond donors (Lipinski definition) is 0. The maximum atomic E-state index is 12.0. The van der Waals surface area contributed by atoms with Crippen LogP contribution in [-0.4, -0.2) is 36.6 Å². The predicted molar refractivity (Wildman–Crippen MR) is 112 cm³/mol. The number of hydrogen-bond acceptors (Lipinski definition) is 4. The van der Waals surface area contributed by atoms with E-state index in [1.807, 2.05) is 37.3 Å². The van der Waals surface area contributed by atoms with Crippen molar-refractivity contribution in [2.24, 2.45) is 0 Å². The molecule has 4 nitrogen and oxygen atoms in total. The minimum absolute atomic E-state index is 0.285. The second-order valence-electron chi connectivity index (χ2n) is 7.54. The smallest absolute Gasteiger partial charge is 0.338 e. The van der Waals surface area contributed by atoms with Crippen LogP contribution in [0.25, 0.3) is 22.1 Å². The van der Waals surface area contributed by atoms with Crippen LogP contribution in [0.3, 0.4) is 0 Å². The Kier molecular flexibility index (Phi) is 5.49. The average Bonchev–Trinajstić information content (AvgIpc) is 3.31. The van der Waals surface area contributed by atoms with Crippen molar-refractivity contribution in [2.75, 3.05) is 19.7 Å². The molecule has 0 spiro atoms. The van der Waals surface area contributed by atoms with Crippen molar-refractivity contribution in [3.05, 3.63) is 59.9 Å². The number of rotatable bonds is 6. The molecule has 28 heavy (non-hydrogen) atoms. The maximum Gasteiger partial charge on any atom is 0.338 e. The second kappa shape index (κ2) is 8.19. The third-order valence-corrected chi connectivity index (χ3v) is 5.61. The van der Waals surface area contributed by atoms with Crippen LogP contribution in [0.4, 0.5) is 0 Å². The molecule has 0 aliphatic carbocycles. The van der Waals surface area contributed by atoms with Gasteiger partial charge in [-0.05, 0) is 74.7 Å². The Bertz CT molecular complexity index is 975. The molecule has 2 heterocycles. The first-order chi connectivity index (χ1) is 13.6. The van der Waals surface area contributed by atoms with Gasteiger partial charge >= 0.3 is 5.97 Å². The van der Waals surface area contributed by atoms with Crippen molar-refractivity contribution in [3.63, 3.8) is 0 Å². The van der Waals surface area contributed by atoms with Crippen LogP contribution in [0, 0.1) is 0 Å². The molecule has 1 aliphatic heterocycles. The van der Waals surface area contributed by atoms with Gasteiger partial charge in [-0.25, -0.2) is 4.79 Å². The van der Waals surface area contributed by atoms with Crippen molar-refractivity contribution in [1.82, 2.24) is 4.90 Å². The molecule has 1 fully saturated rings. The minimum atomic E-state index is -0.285. The summed E-state index contributed by atoms with van der Waals surface area (Å²) in [6.07, 6.45) is 3.54. The summed E-state index contributed by atoms with van der Waals surface area (Å²) in [6, 6.07) is 16.6. The number of fused-ring (bicyclic) bond motifs is 1. The van der Waals surface area contributed by atoms with Crippen molar-refractivity contribution in [2.45, 2.75) is 39.2 Å². The van der Waals surface area contributed by atoms with Gasteiger partial charge in [-0.1, -0.05) is 18.2 Å². The number of benzene rings is 2. The Hall–Kier alpha value is -2.59. The number of furan rings is 1. The predicted octanol–water partition coefficient (Wildman–Crippen LogP) is 5.30. The van der Waals surface area contributed by atoms with Crippen molar-refractivity contribution < 1.29 is 13.9 Å². The van der Waals surface area contributed by atoms with Gasteiger partial charge in [0.2, 0.25) is 0 Å². The zero-order chi connectivity index (χ0) is 19.5. The van der Waals surface area contributed by atoms with E-state index in [9.17, 15) is 4.79 Å². The SMILES string of the molecule is CCOC(=O)c1cccc(-c2ccc3oc(CCN4CCC[C@H]4C)cc3c2)c1. The summed E-state index contributed by atoms with van der Waals surface area (Å²) in [5.41, 5.74) is 3.56. The quantitative estimate of drug-likeness (QED) is 0.547. The van der Waals surface area contributed by atoms with Crippen molar-refractivity contribution >= 4 is 16.9 Å². The second-order valence-corrected chi connectivity index (χ2v) is 7.54. The van der Waals surface area contributed by atoms with Crippen LogP contribution in [0.15, 0.2) is 52.9 Å². The molecule has 3 aromatic rings. The van der Waals surface area contributed by atoms with E-state index in [1.165, 1.54) is 19.4 Å². The summed E-state index contributed by atoms with van der Waals surface area (Å²) in [7, 11) is 0. The molecule has 0 unspecified atom stereocenters. The highest BCUT2D eigenvalue weighted by atomic mass is 16.5. The van der Waals surface area contributed by atoms with Crippen molar-refractivity contribution in [1.29, 1.82) is 0 Å². The lowest BCUT2D eigenvalue weighted by Gasteiger charge is -2.19. The molecule has 0 amide bonds. The number of nitrogens with zero attached hydrogens (tertiary/aromatic N) is 1. The molecular weight excluding hydrogens is 350 g/mol. The number of likely N-dealkylation sites (tertiary alicyclic amines) is 1. The molecule has 1 aliphatic rings. The zero-order valence-electron chi connectivity index (χ0n) is 16.6. The minimum Gasteiger partial charge on any atom is -0.462 e. The Balaban J connectivity index is 1.53. The van der Waals surface area contributed by atoms with Crippen LogP contribution >= 0.6 is 0 Å². The molecule has 0 bridgehead atoms. The van der Waals surface area contributed by atoms with Gasteiger partial charge in [-0.15, -0.1) is 0 Å². The first kappa shape index (κ1) is 18.8. The third kappa shape index (κ3) is 3.97. The molecule has 1 aromatic heterocycles. The number of ether oxygens (including phenoxy) is 1. The average molecular weight is 377 g/mol. The lowest BCUT2D eigenvalue weighted by atomic mass is 10.0. The van der Waals surface area contributed by atoms with Gasteiger partial charge in [0.1, 0.15) is 11.3 Å². The molecule has 0 radical (unpaired) electrons. The van der Waals surface area contributed by atoms with Gasteiger partial charge in [0, 0.05) is 24.4 Å². The van der Waals surface area contributed by atoms with E-state index in [1.54, 1.807) is 6.07 Å². The highest BCUT2D eigenvalue weighted by Crippen LogP contribution is 2.28. The summed E-state index contributed by atoms with van der Waals surface area (Å²) in [6.45, 7) is 6.75. The van der Waals surface area contributed by atoms with E-state index < -0.39 is 0 Å². The van der Waals surface area contributed by atoms with Gasteiger partial charge in [-0.2, -0.15) is 0 Å². The number of carbonyl (C=O) groups is 1. The Morgan fingerprint density at radius 1 is 1.18 bits per heavy atom. The molecule has 0 saturated carbocycles. The molecule has 2 aromatic carbocycles. The Morgan fingerprint density at radius 3 is 2.82 bits per heavy atom. The summed E-state index contributed by atoms with van der Waals surface area (Å²) < 4.78 is 11.2. The van der Waals surface area contributed by atoms with Gasteiger partial charge in [0.05, 0.1) is 12.2 Å². The monoisotopic (exact) mass is 377 g/mol.